The highest BCUT2D eigenvalue weighted by molar-refractivity contribution is 7.44. The summed E-state index contributed by atoms with van der Waals surface area (Å²) in [6.45, 7) is 0.218. The maximum absolute atomic E-state index is 11.3. The molecule has 1 rings (SSSR count). The number of amides is 2. The van der Waals surface area contributed by atoms with Crippen molar-refractivity contribution in [2.45, 2.75) is 6.42 Å². The molecule has 1 unspecified atom stereocenters. The van der Waals surface area contributed by atoms with Gasteiger partial charge in [-0.1, -0.05) is 4.57 Å². The van der Waals surface area contributed by atoms with Gasteiger partial charge < -0.3 is 5.11 Å². The molecule has 0 aromatic rings. The molecular formula is C9H13NO4P+. The van der Waals surface area contributed by atoms with Gasteiger partial charge in [0.05, 0.1) is 6.54 Å². The molecule has 2 amide bonds. The minimum absolute atomic E-state index is 0.0181. The third kappa shape index (κ3) is 3.53. The standard InChI is InChI=1S/C9H13NO4P/c11-5-1-6-15(14)7-4-10-8(12)2-3-9(10)13/h2-3,11H,1,4-7H2/q+1. The van der Waals surface area contributed by atoms with E-state index in [0.29, 0.717) is 18.7 Å². The fourth-order valence-corrected chi connectivity index (χ4v) is 2.36. The van der Waals surface area contributed by atoms with Crippen LogP contribution in [0.4, 0.5) is 0 Å². The lowest BCUT2D eigenvalue weighted by atomic mass is 10.5. The van der Waals surface area contributed by atoms with Crippen LogP contribution in [-0.2, 0) is 14.2 Å². The topological polar surface area (TPSA) is 74.7 Å². The molecule has 0 fully saturated rings. The van der Waals surface area contributed by atoms with Gasteiger partial charge in [-0.3, -0.25) is 14.5 Å². The number of carbonyl (C=O) groups excluding carboxylic acids is 2. The number of imide groups is 1. The number of aliphatic hydroxyl groups excluding tert-OH is 1. The third-order valence-electron chi connectivity index (χ3n) is 2.04. The van der Waals surface area contributed by atoms with Crippen LogP contribution in [-0.4, -0.2) is 47.3 Å². The maximum atomic E-state index is 11.3. The second kappa shape index (κ2) is 5.73. The summed E-state index contributed by atoms with van der Waals surface area (Å²) in [5.41, 5.74) is 0. The van der Waals surface area contributed by atoms with Crippen LogP contribution < -0.4 is 0 Å². The number of nitrogens with zero attached hydrogens (tertiary/aromatic N) is 1. The van der Waals surface area contributed by atoms with E-state index in [1.807, 2.05) is 0 Å². The summed E-state index contributed by atoms with van der Waals surface area (Å²) < 4.78 is 11.3. The minimum Gasteiger partial charge on any atom is -0.396 e. The lowest BCUT2D eigenvalue weighted by Gasteiger charge is -2.09. The van der Waals surface area contributed by atoms with Crippen LogP contribution in [0.5, 0.6) is 0 Å². The molecule has 0 aromatic carbocycles. The Hall–Kier alpha value is -1.06. The van der Waals surface area contributed by atoms with Crippen molar-refractivity contribution in [3.8, 4) is 0 Å². The van der Waals surface area contributed by atoms with E-state index in [4.69, 9.17) is 5.11 Å². The van der Waals surface area contributed by atoms with E-state index in [1.54, 1.807) is 0 Å². The van der Waals surface area contributed by atoms with Crippen LogP contribution in [0.15, 0.2) is 12.2 Å². The van der Waals surface area contributed by atoms with Crippen molar-refractivity contribution in [3.05, 3.63) is 12.2 Å². The van der Waals surface area contributed by atoms with Gasteiger partial charge in [0.2, 0.25) is 0 Å². The first-order valence-corrected chi connectivity index (χ1v) is 6.34. The van der Waals surface area contributed by atoms with Crippen LogP contribution in [0.25, 0.3) is 0 Å². The first-order chi connectivity index (χ1) is 7.15. The van der Waals surface area contributed by atoms with Crippen molar-refractivity contribution in [2.75, 3.05) is 25.5 Å². The first-order valence-electron chi connectivity index (χ1n) is 4.71. The minimum atomic E-state index is -1.42. The average Bonchev–Trinajstić information content (AvgIpc) is 2.53. The second-order valence-electron chi connectivity index (χ2n) is 3.17. The van der Waals surface area contributed by atoms with Gasteiger partial charge >= 0.3 is 7.80 Å². The highest BCUT2D eigenvalue weighted by Gasteiger charge is 2.26. The number of hydrogen-bond acceptors (Lipinski definition) is 4. The highest BCUT2D eigenvalue weighted by Crippen LogP contribution is 2.21. The number of aliphatic hydroxyl groups is 1. The van der Waals surface area contributed by atoms with Crippen molar-refractivity contribution >= 4 is 19.6 Å². The summed E-state index contributed by atoms with van der Waals surface area (Å²) in [4.78, 5) is 23.3. The van der Waals surface area contributed by atoms with E-state index in [-0.39, 0.29) is 25.0 Å². The summed E-state index contributed by atoms with van der Waals surface area (Å²) >= 11 is 0. The van der Waals surface area contributed by atoms with E-state index >= 15 is 0 Å². The lowest BCUT2D eigenvalue weighted by Crippen LogP contribution is -2.32. The Morgan fingerprint density at radius 3 is 2.33 bits per heavy atom. The third-order valence-corrected chi connectivity index (χ3v) is 3.55. The highest BCUT2D eigenvalue weighted by atomic mass is 31.1. The van der Waals surface area contributed by atoms with E-state index in [0.717, 1.165) is 4.90 Å². The quantitative estimate of drug-likeness (QED) is 0.519. The van der Waals surface area contributed by atoms with Crippen molar-refractivity contribution in [3.63, 3.8) is 0 Å². The van der Waals surface area contributed by atoms with Crippen molar-refractivity contribution in [1.29, 1.82) is 0 Å². The Morgan fingerprint density at radius 2 is 1.80 bits per heavy atom. The van der Waals surface area contributed by atoms with Gasteiger partial charge in [0.25, 0.3) is 11.8 Å². The zero-order valence-electron chi connectivity index (χ0n) is 8.26. The van der Waals surface area contributed by atoms with Crippen LogP contribution in [0.2, 0.25) is 0 Å². The number of hydrogen-bond donors (Lipinski definition) is 1. The number of rotatable bonds is 6. The van der Waals surface area contributed by atoms with Crippen molar-refractivity contribution in [1.82, 2.24) is 4.90 Å². The van der Waals surface area contributed by atoms with E-state index in [2.05, 4.69) is 0 Å². The molecule has 15 heavy (non-hydrogen) atoms. The molecule has 1 aliphatic heterocycles. The molecule has 0 spiro atoms. The molecule has 1 atom stereocenters. The van der Waals surface area contributed by atoms with Gasteiger partial charge in [0.15, 0.2) is 6.16 Å². The molecular weight excluding hydrogens is 217 g/mol. The summed E-state index contributed by atoms with van der Waals surface area (Å²) in [5.74, 6) is -0.684. The van der Waals surface area contributed by atoms with Gasteiger partial charge in [-0.25, -0.2) is 0 Å². The molecule has 5 nitrogen and oxygen atoms in total. The maximum Gasteiger partial charge on any atom is 0.340 e. The van der Waals surface area contributed by atoms with Crippen LogP contribution in [0, 0.1) is 0 Å². The molecule has 1 aliphatic rings. The predicted molar refractivity (Wildman–Crippen MR) is 54.9 cm³/mol. The Kier molecular flexibility index (Phi) is 4.59. The summed E-state index contributed by atoms with van der Waals surface area (Å²) in [7, 11) is -1.42. The molecule has 1 N–H and O–H groups in total. The normalized spacial score (nSPS) is 16.3. The fourth-order valence-electron chi connectivity index (χ4n) is 1.22. The van der Waals surface area contributed by atoms with Gasteiger partial charge in [0, 0.05) is 25.2 Å². The predicted octanol–water partition coefficient (Wildman–Crippen LogP) is 0.121. The Morgan fingerprint density at radius 1 is 1.20 bits per heavy atom. The van der Waals surface area contributed by atoms with Gasteiger partial charge in [0.1, 0.15) is 6.16 Å². The molecule has 0 aliphatic carbocycles. The largest absolute Gasteiger partial charge is 0.396 e. The summed E-state index contributed by atoms with van der Waals surface area (Å²) in [5, 5.41) is 8.52. The molecule has 0 bridgehead atoms. The fraction of sp³-hybridized carbons (Fsp3) is 0.556. The van der Waals surface area contributed by atoms with Crippen molar-refractivity contribution in [2.24, 2.45) is 0 Å². The van der Waals surface area contributed by atoms with Crippen LogP contribution in [0.1, 0.15) is 6.42 Å². The lowest BCUT2D eigenvalue weighted by molar-refractivity contribution is -0.136. The molecule has 6 heteroatoms. The summed E-state index contributed by atoms with van der Waals surface area (Å²) in [6.07, 6.45) is 3.67. The Bertz CT molecular complexity index is 295. The molecule has 0 saturated heterocycles. The van der Waals surface area contributed by atoms with E-state index in [1.165, 1.54) is 12.2 Å². The molecule has 0 aromatic heterocycles. The summed E-state index contributed by atoms with van der Waals surface area (Å²) in [6, 6.07) is 0. The van der Waals surface area contributed by atoms with Gasteiger partial charge in [-0.2, -0.15) is 0 Å². The second-order valence-corrected chi connectivity index (χ2v) is 5.03. The Balaban J connectivity index is 2.28. The van der Waals surface area contributed by atoms with Gasteiger partial charge in [-0.05, 0) is 0 Å². The van der Waals surface area contributed by atoms with Crippen molar-refractivity contribution < 1.29 is 19.3 Å². The van der Waals surface area contributed by atoms with E-state index in [9.17, 15) is 14.2 Å². The Labute approximate surface area is 88.5 Å². The first kappa shape index (κ1) is 12.0. The van der Waals surface area contributed by atoms with E-state index < -0.39 is 7.80 Å². The molecule has 0 radical (unpaired) electrons. The SMILES string of the molecule is O=C1C=CC(=O)N1CC[P+](=O)CCCO. The molecule has 82 valence electrons. The monoisotopic (exact) mass is 230 g/mol. The van der Waals surface area contributed by atoms with Crippen LogP contribution in [0.3, 0.4) is 0 Å². The number of carbonyl (C=O) groups is 2. The molecule has 1 heterocycles. The average molecular weight is 230 g/mol. The zero-order chi connectivity index (χ0) is 11.3. The zero-order valence-corrected chi connectivity index (χ0v) is 9.15. The molecule has 0 saturated carbocycles. The smallest absolute Gasteiger partial charge is 0.340 e. The van der Waals surface area contributed by atoms with Crippen LogP contribution >= 0.6 is 7.80 Å². The van der Waals surface area contributed by atoms with Gasteiger partial charge in [-0.15, -0.1) is 0 Å².